The molecule has 1 saturated carbocycles. The minimum Gasteiger partial charge on any atom is -0.326 e. The van der Waals surface area contributed by atoms with Crippen LogP contribution in [-0.2, 0) is 23.1 Å². The second-order valence-corrected chi connectivity index (χ2v) is 6.31. The lowest BCUT2D eigenvalue weighted by Crippen LogP contribution is -2.20. The summed E-state index contributed by atoms with van der Waals surface area (Å²) in [6.07, 6.45) is 5.89. The summed E-state index contributed by atoms with van der Waals surface area (Å²) in [6, 6.07) is 5.64. The minimum absolute atomic E-state index is 0.0231. The van der Waals surface area contributed by atoms with Gasteiger partial charge >= 0.3 is 0 Å². The molecule has 6 heteroatoms. The molecule has 1 aliphatic carbocycles. The third-order valence-electron chi connectivity index (χ3n) is 4.55. The monoisotopic (exact) mass is 310 g/mol. The van der Waals surface area contributed by atoms with Gasteiger partial charge in [0.1, 0.15) is 0 Å². The molecule has 2 N–H and O–H groups in total. The molecule has 0 spiro atoms. The molecule has 2 amide bonds. The van der Waals surface area contributed by atoms with Crippen molar-refractivity contribution in [2.45, 2.75) is 25.2 Å². The van der Waals surface area contributed by atoms with Crippen molar-refractivity contribution in [2.75, 3.05) is 10.6 Å². The van der Waals surface area contributed by atoms with Crippen molar-refractivity contribution in [3.8, 4) is 0 Å². The van der Waals surface area contributed by atoms with E-state index in [1.807, 2.05) is 37.6 Å². The van der Waals surface area contributed by atoms with Crippen molar-refractivity contribution >= 4 is 23.2 Å². The second kappa shape index (κ2) is 5.22. The van der Waals surface area contributed by atoms with Gasteiger partial charge in [-0.05, 0) is 48.1 Å². The van der Waals surface area contributed by atoms with Gasteiger partial charge in [-0.15, -0.1) is 0 Å². The van der Waals surface area contributed by atoms with E-state index >= 15 is 0 Å². The van der Waals surface area contributed by atoms with Gasteiger partial charge in [-0.3, -0.25) is 14.3 Å². The van der Waals surface area contributed by atoms with Crippen LogP contribution in [0.3, 0.4) is 0 Å². The molecular formula is C17H18N4O2. The van der Waals surface area contributed by atoms with E-state index in [0.717, 1.165) is 28.9 Å². The number of anilines is 2. The van der Waals surface area contributed by atoms with Gasteiger partial charge in [-0.25, -0.2) is 0 Å². The molecule has 0 unspecified atom stereocenters. The molecule has 2 aliphatic rings. The maximum atomic E-state index is 12.4. The Hall–Kier alpha value is -2.63. The van der Waals surface area contributed by atoms with E-state index < -0.39 is 0 Å². The highest BCUT2D eigenvalue weighted by Gasteiger charge is 2.44. The number of aryl methyl sites for hydroxylation is 2. The Balaban J connectivity index is 1.43. The number of aromatic nitrogens is 2. The number of benzene rings is 1. The van der Waals surface area contributed by atoms with Gasteiger partial charge in [0.15, 0.2) is 0 Å². The van der Waals surface area contributed by atoms with E-state index in [2.05, 4.69) is 15.7 Å². The molecule has 1 fully saturated rings. The van der Waals surface area contributed by atoms with Gasteiger partial charge in [-0.1, -0.05) is 0 Å². The van der Waals surface area contributed by atoms with Crippen molar-refractivity contribution in [2.24, 2.45) is 13.0 Å². The summed E-state index contributed by atoms with van der Waals surface area (Å²) in [5, 5.41) is 10.00. The molecule has 6 nitrogen and oxygen atoms in total. The van der Waals surface area contributed by atoms with Gasteiger partial charge in [0.05, 0.1) is 6.20 Å². The van der Waals surface area contributed by atoms with Crippen molar-refractivity contribution < 1.29 is 9.59 Å². The number of carbonyl (C=O) groups excluding carboxylic acids is 2. The summed E-state index contributed by atoms with van der Waals surface area (Å²) in [5.74, 6) is 0.403. The Morgan fingerprint density at radius 2 is 2.26 bits per heavy atom. The Labute approximate surface area is 133 Å². The number of amides is 2. The SMILES string of the molecule is Cn1cc([C@H]2C[C@H]2C(=O)Nc2ccc3c(c2)CCC(=O)N3)cn1. The topological polar surface area (TPSA) is 76.0 Å². The normalized spacial score (nSPS) is 22.2. The number of nitrogens with zero attached hydrogens (tertiary/aromatic N) is 2. The number of rotatable bonds is 3. The molecule has 1 aliphatic heterocycles. The van der Waals surface area contributed by atoms with Crippen LogP contribution >= 0.6 is 0 Å². The molecule has 2 atom stereocenters. The fraction of sp³-hybridized carbons (Fsp3) is 0.353. The smallest absolute Gasteiger partial charge is 0.228 e. The zero-order valence-electron chi connectivity index (χ0n) is 12.9. The van der Waals surface area contributed by atoms with Gasteiger partial charge in [0.2, 0.25) is 11.8 Å². The number of hydrogen-bond acceptors (Lipinski definition) is 3. The van der Waals surface area contributed by atoms with Crippen LogP contribution in [0.1, 0.15) is 29.9 Å². The van der Waals surface area contributed by atoms with Crippen LogP contribution in [-0.4, -0.2) is 21.6 Å². The van der Waals surface area contributed by atoms with E-state index in [9.17, 15) is 9.59 Å². The largest absolute Gasteiger partial charge is 0.326 e. The van der Waals surface area contributed by atoms with Crippen LogP contribution in [0.5, 0.6) is 0 Å². The summed E-state index contributed by atoms with van der Waals surface area (Å²) in [6.45, 7) is 0. The molecule has 0 radical (unpaired) electrons. The number of carbonyl (C=O) groups is 2. The van der Waals surface area contributed by atoms with Crippen molar-refractivity contribution in [3.05, 3.63) is 41.7 Å². The van der Waals surface area contributed by atoms with E-state index in [1.54, 1.807) is 4.68 Å². The molecule has 1 aromatic carbocycles. The molecular weight excluding hydrogens is 292 g/mol. The maximum Gasteiger partial charge on any atom is 0.228 e. The first-order valence-electron chi connectivity index (χ1n) is 7.82. The lowest BCUT2D eigenvalue weighted by molar-refractivity contribution is -0.117. The number of fused-ring (bicyclic) bond motifs is 1. The Kier molecular flexibility index (Phi) is 3.18. The first-order valence-corrected chi connectivity index (χ1v) is 7.82. The zero-order valence-corrected chi connectivity index (χ0v) is 12.9. The zero-order chi connectivity index (χ0) is 16.0. The van der Waals surface area contributed by atoms with Gasteiger partial charge in [-0.2, -0.15) is 5.10 Å². The van der Waals surface area contributed by atoms with Crippen molar-refractivity contribution in [3.63, 3.8) is 0 Å². The highest BCUT2D eigenvalue weighted by atomic mass is 16.2. The first-order chi connectivity index (χ1) is 11.1. The van der Waals surface area contributed by atoms with Crippen LogP contribution in [0.25, 0.3) is 0 Å². The van der Waals surface area contributed by atoms with Crippen LogP contribution < -0.4 is 10.6 Å². The lowest BCUT2D eigenvalue weighted by atomic mass is 10.0. The third kappa shape index (κ3) is 2.72. The molecule has 0 bridgehead atoms. The number of nitrogens with one attached hydrogen (secondary N) is 2. The molecule has 1 aromatic heterocycles. The van der Waals surface area contributed by atoms with E-state index in [-0.39, 0.29) is 23.7 Å². The predicted octanol–water partition coefficient (Wildman–Crippen LogP) is 2.05. The number of hydrogen-bond donors (Lipinski definition) is 2. The third-order valence-corrected chi connectivity index (χ3v) is 4.55. The highest BCUT2D eigenvalue weighted by molar-refractivity contribution is 5.97. The van der Waals surface area contributed by atoms with E-state index in [4.69, 9.17) is 0 Å². The Bertz CT molecular complexity index is 796. The standard InChI is InChI=1S/C17H18N4O2/c1-21-9-11(8-18-21)13-7-14(13)17(23)19-12-3-4-15-10(6-12)2-5-16(22)20-15/h3-4,6,8-9,13-14H,2,5,7H2,1H3,(H,19,23)(H,20,22)/t13-,14-/m1/s1. The molecule has 2 heterocycles. The molecule has 4 rings (SSSR count). The average Bonchev–Trinajstić information content (AvgIpc) is 3.22. The summed E-state index contributed by atoms with van der Waals surface area (Å²) in [4.78, 5) is 23.7. The van der Waals surface area contributed by atoms with E-state index in [0.29, 0.717) is 12.8 Å². The minimum atomic E-state index is 0.0231. The van der Waals surface area contributed by atoms with E-state index in [1.165, 1.54) is 0 Å². The van der Waals surface area contributed by atoms with Crippen LogP contribution in [0.4, 0.5) is 11.4 Å². The van der Waals surface area contributed by atoms with Crippen LogP contribution in [0, 0.1) is 5.92 Å². The predicted molar refractivity (Wildman–Crippen MR) is 86.1 cm³/mol. The summed E-state index contributed by atoms with van der Waals surface area (Å²) in [7, 11) is 1.88. The molecule has 0 saturated heterocycles. The lowest BCUT2D eigenvalue weighted by Gasteiger charge is -2.17. The Morgan fingerprint density at radius 1 is 1.39 bits per heavy atom. The van der Waals surface area contributed by atoms with Gasteiger partial charge < -0.3 is 10.6 Å². The van der Waals surface area contributed by atoms with Crippen LogP contribution in [0.15, 0.2) is 30.6 Å². The first kappa shape index (κ1) is 14.0. The fourth-order valence-electron chi connectivity index (χ4n) is 3.18. The fourth-order valence-corrected chi connectivity index (χ4v) is 3.18. The van der Waals surface area contributed by atoms with Crippen molar-refractivity contribution in [1.82, 2.24) is 9.78 Å². The molecule has 118 valence electrons. The van der Waals surface area contributed by atoms with Gasteiger partial charge in [0, 0.05) is 37.0 Å². The molecule has 2 aromatic rings. The highest BCUT2D eigenvalue weighted by Crippen LogP contribution is 2.47. The summed E-state index contributed by atoms with van der Waals surface area (Å²) < 4.78 is 1.76. The van der Waals surface area contributed by atoms with Crippen molar-refractivity contribution in [1.29, 1.82) is 0 Å². The Morgan fingerprint density at radius 3 is 3.04 bits per heavy atom. The molecule has 23 heavy (non-hydrogen) atoms. The van der Waals surface area contributed by atoms with Crippen LogP contribution in [0.2, 0.25) is 0 Å². The quantitative estimate of drug-likeness (QED) is 0.911. The second-order valence-electron chi connectivity index (χ2n) is 6.31. The van der Waals surface area contributed by atoms with Gasteiger partial charge in [0.25, 0.3) is 0 Å². The summed E-state index contributed by atoms with van der Waals surface area (Å²) >= 11 is 0. The average molecular weight is 310 g/mol. The summed E-state index contributed by atoms with van der Waals surface area (Å²) in [5.41, 5.74) is 3.84. The maximum absolute atomic E-state index is 12.4.